The molecule has 0 spiro atoms. The third-order valence-electron chi connectivity index (χ3n) is 4.82. The summed E-state index contributed by atoms with van der Waals surface area (Å²) in [6.45, 7) is 13.5. The molecule has 128 valence electrons. The first kappa shape index (κ1) is 21.0. The van der Waals surface area contributed by atoms with E-state index in [1.54, 1.807) is 0 Å². The van der Waals surface area contributed by atoms with Crippen molar-refractivity contribution in [3.63, 3.8) is 0 Å². The van der Waals surface area contributed by atoms with Crippen LogP contribution in [0.4, 0.5) is 0 Å². The summed E-state index contributed by atoms with van der Waals surface area (Å²) in [5.41, 5.74) is 0. The van der Waals surface area contributed by atoms with Crippen molar-refractivity contribution < 1.29 is 0 Å². The molecule has 21 heavy (non-hydrogen) atoms. The summed E-state index contributed by atoms with van der Waals surface area (Å²) in [5.74, 6) is 4.05. The van der Waals surface area contributed by atoms with Crippen LogP contribution >= 0.6 is 0 Å². The molecule has 2 fully saturated rings. The van der Waals surface area contributed by atoms with E-state index < -0.39 is 0 Å². The summed E-state index contributed by atoms with van der Waals surface area (Å²) >= 11 is 0. The third kappa shape index (κ3) is 13.4. The molecule has 0 saturated heterocycles. The lowest BCUT2D eigenvalue weighted by Gasteiger charge is -2.06. The van der Waals surface area contributed by atoms with Crippen molar-refractivity contribution in [2.75, 3.05) is 0 Å². The first-order valence-electron chi connectivity index (χ1n) is 9.99. The van der Waals surface area contributed by atoms with Gasteiger partial charge < -0.3 is 0 Å². The van der Waals surface area contributed by atoms with E-state index in [4.69, 9.17) is 0 Å². The maximum atomic E-state index is 2.39. The average Bonchev–Trinajstić information content (AvgIpc) is 3.07. The first-order valence-corrected chi connectivity index (χ1v) is 9.99. The molecule has 2 rings (SSSR count). The van der Waals surface area contributed by atoms with Gasteiger partial charge in [-0.15, -0.1) is 0 Å². The Morgan fingerprint density at radius 2 is 1.43 bits per heavy atom. The second-order valence-corrected chi connectivity index (χ2v) is 8.22. The zero-order valence-corrected chi connectivity index (χ0v) is 16.1. The lowest BCUT2D eigenvalue weighted by Crippen LogP contribution is -1.93. The molecule has 0 aromatic heterocycles. The van der Waals surface area contributed by atoms with Crippen LogP contribution in [-0.2, 0) is 0 Å². The summed E-state index contributed by atoms with van der Waals surface area (Å²) in [6, 6.07) is 0. The van der Waals surface area contributed by atoms with Gasteiger partial charge in [0.2, 0.25) is 0 Å². The summed E-state index contributed by atoms with van der Waals surface area (Å²) in [7, 11) is 0. The average molecular weight is 297 g/mol. The van der Waals surface area contributed by atoms with Crippen LogP contribution in [-0.4, -0.2) is 0 Å². The minimum Gasteiger partial charge on any atom is -0.0654 e. The van der Waals surface area contributed by atoms with Gasteiger partial charge >= 0.3 is 0 Å². The molecule has 0 radical (unpaired) electrons. The summed E-state index contributed by atoms with van der Waals surface area (Å²) in [6.07, 6.45) is 16.3. The lowest BCUT2D eigenvalue weighted by atomic mass is 10.00. The summed E-state index contributed by atoms with van der Waals surface area (Å²) < 4.78 is 0. The normalized spacial score (nSPS) is 25.3. The standard InChI is InChI=1S/C10H20.C7H14.C4H10/c1-3-4-5-10-7-6-9(2)8-10;1-2-7-5-3-4-6-7;1-4(2)3/h9-10H,3-8H2,1-2H3;7H,2-6H2,1H3;4H,1-3H3. The SMILES string of the molecule is CC(C)C.CCC1CCCC1.CCCCC1CCC(C)C1. The summed E-state index contributed by atoms with van der Waals surface area (Å²) in [5, 5.41) is 0. The molecule has 0 heteroatoms. The van der Waals surface area contributed by atoms with Crippen molar-refractivity contribution in [1.29, 1.82) is 0 Å². The van der Waals surface area contributed by atoms with Crippen LogP contribution in [0.5, 0.6) is 0 Å². The van der Waals surface area contributed by atoms with E-state index in [1.807, 2.05) is 0 Å². The van der Waals surface area contributed by atoms with E-state index in [1.165, 1.54) is 70.6 Å². The molecule has 0 aromatic rings. The number of unbranched alkanes of at least 4 members (excludes halogenated alkanes) is 1. The highest BCUT2D eigenvalue weighted by atomic mass is 14.3. The molecule has 2 aliphatic carbocycles. The Morgan fingerprint density at radius 1 is 0.857 bits per heavy atom. The fraction of sp³-hybridized carbons (Fsp3) is 1.00. The Labute approximate surface area is 136 Å². The van der Waals surface area contributed by atoms with E-state index in [0.717, 1.165) is 23.7 Å². The molecule has 2 atom stereocenters. The predicted octanol–water partition coefficient (Wildman–Crippen LogP) is 7.86. The lowest BCUT2D eigenvalue weighted by molar-refractivity contribution is 0.461. The van der Waals surface area contributed by atoms with Gasteiger partial charge in [-0.05, 0) is 30.1 Å². The quantitative estimate of drug-likeness (QED) is 0.495. The Balaban J connectivity index is 0.000000317. The van der Waals surface area contributed by atoms with Crippen molar-refractivity contribution in [2.24, 2.45) is 23.7 Å². The van der Waals surface area contributed by atoms with E-state index in [0.29, 0.717) is 0 Å². The fourth-order valence-electron chi connectivity index (χ4n) is 3.50. The Morgan fingerprint density at radius 3 is 1.76 bits per heavy atom. The van der Waals surface area contributed by atoms with Crippen LogP contribution in [0.25, 0.3) is 0 Å². The molecule has 0 bridgehead atoms. The molecule has 0 nitrogen and oxygen atoms in total. The van der Waals surface area contributed by atoms with E-state index >= 15 is 0 Å². The second-order valence-electron chi connectivity index (χ2n) is 8.22. The zero-order valence-electron chi connectivity index (χ0n) is 16.1. The van der Waals surface area contributed by atoms with Crippen molar-refractivity contribution in [3.8, 4) is 0 Å². The number of hydrogen-bond acceptors (Lipinski definition) is 0. The largest absolute Gasteiger partial charge is 0.0654 e. The van der Waals surface area contributed by atoms with Crippen LogP contribution in [0.3, 0.4) is 0 Å². The predicted molar refractivity (Wildman–Crippen MR) is 98.8 cm³/mol. The molecule has 0 aromatic carbocycles. The smallest absolute Gasteiger partial charge is 0.0412 e. The van der Waals surface area contributed by atoms with Crippen LogP contribution in [0.15, 0.2) is 0 Å². The second kappa shape index (κ2) is 13.6. The fourth-order valence-corrected chi connectivity index (χ4v) is 3.50. The highest BCUT2D eigenvalue weighted by Crippen LogP contribution is 2.33. The van der Waals surface area contributed by atoms with Gasteiger partial charge in [0.05, 0.1) is 0 Å². The number of hydrogen-bond donors (Lipinski definition) is 0. The Bertz CT molecular complexity index is 197. The molecule has 0 aliphatic heterocycles. The highest BCUT2D eigenvalue weighted by molar-refractivity contribution is 4.72. The van der Waals surface area contributed by atoms with E-state index in [2.05, 4.69) is 41.5 Å². The minimum atomic E-state index is 0.833. The van der Waals surface area contributed by atoms with Crippen LogP contribution < -0.4 is 0 Å². The topological polar surface area (TPSA) is 0 Å². The highest BCUT2D eigenvalue weighted by Gasteiger charge is 2.19. The molecule has 2 unspecified atom stereocenters. The van der Waals surface area contributed by atoms with Gasteiger partial charge in [-0.1, -0.05) is 106 Å². The van der Waals surface area contributed by atoms with Gasteiger partial charge in [0.15, 0.2) is 0 Å². The molecular formula is C21H44. The summed E-state index contributed by atoms with van der Waals surface area (Å²) in [4.78, 5) is 0. The van der Waals surface area contributed by atoms with Gasteiger partial charge in [-0.3, -0.25) is 0 Å². The number of rotatable bonds is 4. The third-order valence-corrected chi connectivity index (χ3v) is 4.82. The molecular weight excluding hydrogens is 252 g/mol. The van der Waals surface area contributed by atoms with Gasteiger partial charge in [-0.25, -0.2) is 0 Å². The Kier molecular flexibility index (Phi) is 13.6. The molecule has 0 heterocycles. The van der Waals surface area contributed by atoms with E-state index in [9.17, 15) is 0 Å². The molecule has 0 N–H and O–H groups in total. The van der Waals surface area contributed by atoms with Crippen molar-refractivity contribution >= 4 is 0 Å². The van der Waals surface area contributed by atoms with Crippen molar-refractivity contribution in [3.05, 3.63) is 0 Å². The van der Waals surface area contributed by atoms with Gasteiger partial charge in [0.1, 0.15) is 0 Å². The maximum Gasteiger partial charge on any atom is -0.0412 e. The van der Waals surface area contributed by atoms with Gasteiger partial charge in [0, 0.05) is 0 Å². The van der Waals surface area contributed by atoms with Crippen LogP contribution in [0.2, 0.25) is 0 Å². The molecule has 2 saturated carbocycles. The van der Waals surface area contributed by atoms with Crippen molar-refractivity contribution in [2.45, 2.75) is 112 Å². The zero-order chi connectivity index (χ0) is 16.1. The Hall–Kier alpha value is 0. The van der Waals surface area contributed by atoms with E-state index in [-0.39, 0.29) is 0 Å². The van der Waals surface area contributed by atoms with Crippen LogP contribution in [0, 0.1) is 23.7 Å². The van der Waals surface area contributed by atoms with Crippen molar-refractivity contribution in [1.82, 2.24) is 0 Å². The maximum absolute atomic E-state index is 2.39. The van der Waals surface area contributed by atoms with Gasteiger partial charge in [0.25, 0.3) is 0 Å². The van der Waals surface area contributed by atoms with Crippen LogP contribution in [0.1, 0.15) is 112 Å². The monoisotopic (exact) mass is 296 g/mol. The van der Waals surface area contributed by atoms with Gasteiger partial charge in [-0.2, -0.15) is 0 Å². The molecule has 0 amide bonds. The molecule has 2 aliphatic rings. The minimum absolute atomic E-state index is 0.833. The first-order chi connectivity index (χ1) is 9.99.